The Morgan fingerprint density at radius 2 is 1.47 bits per heavy atom. The van der Waals surface area contributed by atoms with Gasteiger partial charge in [0.2, 0.25) is 5.91 Å². The molecule has 0 saturated carbocycles. The van der Waals surface area contributed by atoms with Gasteiger partial charge in [-0.15, -0.1) is 0 Å². The second kappa shape index (κ2) is 16.5. The van der Waals surface area contributed by atoms with Crippen molar-refractivity contribution in [2.24, 2.45) is 0 Å². The van der Waals surface area contributed by atoms with Gasteiger partial charge < -0.3 is 9.64 Å². The van der Waals surface area contributed by atoms with Gasteiger partial charge in [-0.1, -0.05) is 96.5 Å². The molecule has 0 radical (unpaired) electrons. The Kier molecular flexibility index (Phi) is 12.5. The van der Waals surface area contributed by atoms with E-state index in [1.165, 1.54) is 6.07 Å². The number of likely N-dealkylation sites (N-methyl/N-ethyl adjacent to an activating group) is 1. The lowest BCUT2D eigenvalue weighted by atomic mass is 9.90. The molecule has 4 rings (SSSR count). The van der Waals surface area contributed by atoms with Gasteiger partial charge in [-0.2, -0.15) is 13.2 Å². The maximum atomic E-state index is 13.7. The van der Waals surface area contributed by atoms with E-state index in [0.717, 1.165) is 22.8 Å². The quantitative estimate of drug-likeness (QED) is 0.122. The smallest absolute Gasteiger partial charge is 0.417 e. The van der Waals surface area contributed by atoms with Gasteiger partial charge in [0.1, 0.15) is 5.75 Å². The molecule has 0 aliphatic carbocycles. The number of halogens is 4. The minimum Gasteiger partial charge on any atom is -0.494 e. The van der Waals surface area contributed by atoms with Crippen molar-refractivity contribution in [1.82, 2.24) is 9.80 Å². The van der Waals surface area contributed by atoms with Crippen LogP contribution >= 0.6 is 11.6 Å². The first-order valence-electron chi connectivity index (χ1n) is 15.4. The Balaban J connectivity index is 1.50. The molecule has 0 aromatic heterocycles. The van der Waals surface area contributed by atoms with Crippen molar-refractivity contribution < 1.29 is 22.7 Å². The van der Waals surface area contributed by atoms with Crippen LogP contribution < -0.4 is 4.74 Å². The van der Waals surface area contributed by atoms with E-state index in [2.05, 4.69) is 29.2 Å². The number of nitrogens with zero attached hydrogens (tertiary/aromatic N) is 2. The summed E-state index contributed by atoms with van der Waals surface area (Å²) in [5.41, 5.74) is 2.73. The molecule has 0 spiro atoms. The molecule has 4 aromatic rings. The number of hydrogen-bond donors (Lipinski definition) is 0. The minimum atomic E-state index is -4.53. The number of benzene rings is 4. The normalized spacial score (nSPS) is 11.6. The molecule has 8 heteroatoms. The van der Waals surface area contributed by atoms with Crippen molar-refractivity contribution >= 4 is 17.5 Å². The van der Waals surface area contributed by atoms with Crippen molar-refractivity contribution in [2.45, 2.75) is 45.3 Å². The third kappa shape index (κ3) is 9.84. The highest BCUT2D eigenvalue weighted by Gasteiger charge is 2.34. The average Bonchev–Trinajstić information content (AvgIpc) is 3.03. The highest BCUT2D eigenvalue weighted by molar-refractivity contribution is 6.32. The van der Waals surface area contributed by atoms with E-state index in [1.807, 2.05) is 74.5 Å². The van der Waals surface area contributed by atoms with Gasteiger partial charge in [0, 0.05) is 38.6 Å². The molecule has 0 N–H and O–H groups in total. The van der Waals surface area contributed by atoms with E-state index in [1.54, 1.807) is 11.0 Å². The predicted molar refractivity (Wildman–Crippen MR) is 175 cm³/mol. The summed E-state index contributed by atoms with van der Waals surface area (Å²) in [7, 11) is 0. The maximum absolute atomic E-state index is 13.7. The molecule has 0 unspecified atom stereocenters. The van der Waals surface area contributed by atoms with Gasteiger partial charge in [-0.25, -0.2) is 0 Å². The predicted octanol–water partition coefficient (Wildman–Crippen LogP) is 8.87. The summed E-state index contributed by atoms with van der Waals surface area (Å²) in [6.07, 6.45) is -3.59. The van der Waals surface area contributed by atoms with Crippen molar-refractivity contribution in [3.05, 3.63) is 136 Å². The molecule has 45 heavy (non-hydrogen) atoms. The van der Waals surface area contributed by atoms with Crippen LogP contribution in [-0.4, -0.2) is 48.5 Å². The SMILES string of the molecule is CCN(CC)C(=O)Cc1cccc(OCCCN(Cc2cccc(C(F)(F)F)c2Cl)CC(c2ccccc2)c2ccccc2)c1. The fourth-order valence-electron chi connectivity index (χ4n) is 5.51. The maximum Gasteiger partial charge on any atom is 0.417 e. The van der Waals surface area contributed by atoms with E-state index < -0.39 is 11.7 Å². The minimum absolute atomic E-state index is 0.00193. The van der Waals surface area contributed by atoms with Crippen LogP contribution in [0.3, 0.4) is 0 Å². The van der Waals surface area contributed by atoms with Crippen molar-refractivity contribution in [1.29, 1.82) is 0 Å². The van der Waals surface area contributed by atoms with Crippen LogP contribution in [0.4, 0.5) is 13.2 Å². The molecular weight excluding hydrogens is 597 g/mol. The van der Waals surface area contributed by atoms with Crippen LogP contribution in [0.1, 0.15) is 54.0 Å². The first kappa shape index (κ1) is 34.1. The monoisotopic (exact) mass is 636 g/mol. The molecular formula is C37H40ClF3N2O2. The third-order valence-corrected chi connectivity index (χ3v) is 8.33. The van der Waals surface area contributed by atoms with E-state index >= 15 is 0 Å². The Labute approximate surface area is 269 Å². The van der Waals surface area contributed by atoms with Crippen LogP contribution in [0.25, 0.3) is 0 Å². The Morgan fingerprint density at radius 3 is 2.07 bits per heavy atom. The highest BCUT2D eigenvalue weighted by Crippen LogP contribution is 2.37. The van der Waals surface area contributed by atoms with Crippen molar-refractivity contribution in [3.63, 3.8) is 0 Å². The highest BCUT2D eigenvalue weighted by atomic mass is 35.5. The number of rotatable bonds is 15. The summed E-state index contributed by atoms with van der Waals surface area (Å²) in [5.74, 6) is 0.754. The molecule has 4 nitrogen and oxygen atoms in total. The first-order valence-corrected chi connectivity index (χ1v) is 15.7. The largest absolute Gasteiger partial charge is 0.494 e. The Bertz CT molecular complexity index is 1460. The molecule has 0 saturated heterocycles. The summed E-state index contributed by atoms with van der Waals surface area (Å²) < 4.78 is 47.1. The van der Waals surface area contributed by atoms with Gasteiger partial charge in [-0.05, 0) is 60.7 Å². The molecule has 4 aromatic carbocycles. The van der Waals surface area contributed by atoms with Gasteiger partial charge in [0.15, 0.2) is 0 Å². The summed E-state index contributed by atoms with van der Waals surface area (Å²) in [5, 5.41) is -0.265. The zero-order chi connectivity index (χ0) is 32.2. The fourth-order valence-corrected chi connectivity index (χ4v) is 5.81. The molecule has 1 amide bonds. The van der Waals surface area contributed by atoms with E-state index in [9.17, 15) is 18.0 Å². The standard InChI is InChI=1S/C37H40ClF3N2O2/c1-3-43(4-2)35(44)25-28-14-11-20-32(24-28)45-23-13-22-42(26-31-19-12-21-34(36(31)38)37(39,40)41)27-33(29-15-7-5-8-16-29)30-17-9-6-10-18-30/h5-12,14-21,24,33H,3-4,13,22-23,25-27H2,1-2H3. The molecule has 0 fully saturated rings. The van der Waals surface area contributed by atoms with Crippen LogP contribution in [0.15, 0.2) is 103 Å². The Hall–Kier alpha value is -3.81. The van der Waals surface area contributed by atoms with Crippen LogP contribution in [0, 0.1) is 0 Å². The summed E-state index contributed by atoms with van der Waals surface area (Å²) in [6.45, 7) is 7.07. The number of hydrogen-bond acceptors (Lipinski definition) is 3. The Morgan fingerprint density at radius 1 is 0.844 bits per heavy atom. The van der Waals surface area contributed by atoms with E-state index in [-0.39, 0.29) is 23.4 Å². The zero-order valence-electron chi connectivity index (χ0n) is 25.8. The second-order valence-electron chi connectivity index (χ2n) is 11.0. The summed E-state index contributed by atoms with van der Waals surface area (Å²) in [4.78, 5) is 16.5. The summed E-state index contributed by atoms with van der Waals surface area (Å²) >= 11 is 6.34. The molecule has 0 bridgehead atoms. The molecule has 238 valence electrons. The number of carbonyl (C=O) groups excluding carboxylic acids is 1. The second-order valence-corrected chi connectivity index (χ2v) is 11.4. The molecule has 0 aliphatic heterocycles. The topological polar surface area (TPSA) is 32.8 Å². The lowest BCUT2D eigenvalue weighted by Crippen LogP contribution is -2.31. The van der Waals surface area contributed by atoms with Gasteiger partial charge in [0.05, 0.1) is 23.6 Å². The van der Waals surface area contributed by atoms with Gasteiger partial charge >= 0.3 is 6.18 Å². The fraction of sp³-hybridized carbons (Fsp3) is 0.324. The van der Waals surface area contributed by atoms with E-state index in [0.29, 0.717) is 56.9 Å². The number of carbonyl (C=O) groups is 1. The van der Waals surface area contributed by atoms with E-state index in [4.69, 9.17) is 16.3 Å². The van der Waals surface area contributed by atoms with Crippen molar-refractivity contribution in [2.75, 3.05) is 32.8 Å². The molecule has 0 aliphatic rings. The first-order chi connectivity index (χ1) is 21.7. The number of alkyl halides is 3. The number of amides is 1. The van der Waals surface area contributed by atoms with Gasteiger partial charge in [0.25, 0.3) is 0 Å². The molecule has 0 atom stereocenters. The number of ether oxygens (including phenoxy) is 1. The van der Waals surface area contributed by atoms with Crippen LogP contribution in [0.5, 0.6) is 5.75 Å². The molecule has 0 heterocycles. The zero-order valence-corrected chi connectivity index (χ0v) is 26.5. The van der Waals surface area contributed by atoms with Crippen LogP contribution in [0.2, 0.25) is 5.02 Å². The lowest BCUT2D eigenvalue weighted by Gasteiger charge is -2.29. The van der Waals surface area contributed by atoms with Crippen molar-refractivity contribution in [3.8, 4) is 5.75 Å². The van der Waals surface area contributed by atoms with Gasteiger partial charge in [-0.3, -0.25) is 9.69 Å². The summed E-state index contributed by atoms with van der Waals surface area (Å²) in [6, 6.07) is 31.9. The average molecular weight is 637 g/mol. The third-order valence-electron chi connectivity index (χ3n) is 7.88. The lowest BCUT2D eigenvalue weighted by molar-refractivity contribution is -0.137. The van der Waals surface area contributed by atoms with Crippen LogP contribution in [-0.2, 0) is 23.9 Å².